The third-order valence-corrected chi connectivity index (χ3v) is 5.86. The van der Waals surface area contributed by atoms with Crippen molar-refractivity contribution in [3.63, 3.8) is 0 Å². The van der Waals surface area contributed by atoms with E-state index in [1.165, 1.54) is 7.11 Å². The third kappa shape index (κ3) is 3.49. The van der Waals surface area contributed by atoms with Gasteiger partial charge in [0.25, 0.3) is 0 Å². The van der Waals surface area contributed by atoms with E-state index in [-0.39, 0.29) is 11.7 Å². The summed E-state index contributed by atoms with van der Waals surface area (Å²) in [6.45, 7) is 1.85. The van der Waals surface area contributed by atoms with E-state index in [1.807, 2.05) is 43.3 Å². The van der Waals surface area contributed by atoms with Crippen LogP contribution in [-0.4, -0.2) is 31.0 Å². The van der Waals surface area contributed by atoms with Gasteiger partial charge in [-0.25, -0.2) is 4.79 Å². The van der Waals surface area contributed by atoms with Gasteiger partial charge in [-0.1, -0.05) is 12.1 Å². The molecule has 0 saturated heterocycles. The second-order valence-electron chi connectivity index (χ2n) is 7.56. The molecule has 1 aliphatic heterocycles. The molecule has 1 aromatic heterocycles. The molecular formula is C24H24N2O4. The van der Waals surface area contributed by atoms with Gasteiger partial charge in [0.15, 0.2) is 5.78 Å². The van der Waals surface area contributed by atoms with Crippen molar-refractivity contribution in [1.82, 2.24) is 10.3 Å². The lowest BCUT2D eigenvalue weighted by Gasteiger charge is -2.36. The zero-order chi connectivity index (χ0) is 21.3. The highest BCUT2D eigenvalue weighted by atomic mass is 16.5. The van der Waals surface area contributed by atoms with Crippen LogP contribution in [0.1, 0.15) is 42.7 Å². The van der Waals surface area contributed by atoms with Gasteiger partial charge in [-0.2, -0.15) is 0 Å². The fourth-order valence-corrected chi connectivity index (χ4v) is 4.42. The van der Waals surface area contributed by atoms with Crippen LogP contribution in [0.15, 0.2) is 71.3 Å². The van der Waals surface area contributed by atoms with Gasteiger partial charge in [0, 0.05) is 41.7 Å². The molecule has 2 aromatic rings. The van der Waals surface area contributed by atoms with Gasteiger partial charge < -0.3 is 14.8 Å². The van der Waals surface area contributed by atoms with Crippen LogP contribution in [-0.2, 0) is 14.3 Å². The summed E-state index contributed by atoms with van der Waals surface area (Å²) in [5.41, 5.74) is 4.66. The van der Waals surface area contributed by atoms with Gasteiger partial charge in [0.05, 0.1) is 19.8 Å². The second kappa shape index (κ2) is 8.14. The Morgan fingerprint density at radius 2 is 1.73 bits per heavy atom. The number of dihydropyridines is 1. The van der Waals surface area contributed by atoms with Crippen LogP contribution in [0, 0.1) is 0 Å². The third-order valence-electron chi connectivity index (χ3n) is 5.86. The number of nitrogens with one attached hydrogen (secondary N) is 1. The highest BCUT2D eigenvalue weighted by molar-refractivity contribution is 6.04. The molecule has 0 spiro atoms. The number of methoxy groups -OCH3 is 2. The van der Waals surface area contributed by atoms with Crippen molar-refractivity contribution >= 4 is 11.8 Å². The minimum absolute atomic E-state index is 0.0419. The van der Waals surface area contributed by atoms with Crippen molar-refractivity contribution in [3.05, 3.63) is 82.5 Å². The monoisotopic (exact) mass is 404 g/mol. The van der Waals surface area contributed by atoms with Crippen molar-refractivity contribution in [3.8, 4) is 5.75 Å². The van der Waals surface area contributed by atoms with Crippen LogP contribution in [0.25, 0.3) is 0 Å². The number of allylic oxidation sites excluding steroid dienone is 3. The summed E-state index contributed by atoms with van der Waals surface area (Å²) in [6.07, 6.45) is 4.44. The first-order chi connectivity index (χ1) is 14.5. The molecule has 0 bridgehead atoms. The molecule has 30 heavy (non-hydrogen) atoms. The van der Waals surface area contributed by atoms with Crippen molar-refractivity contribution in [1.29, 1.82) is 0 Å². The van der Waals surface area contributed by atoms with Crippen LogP contribution >= 0.6 is 0 Å². The Labute approximate surface area is 175 Å². The zero-order valence-electron chi connectivity index (χ0n) is 17.3. The number of ether oxygens (including phenoxy) is 2. The smallest absolute Gasteiger partial charge is 0.336 e. The van der Waals surface area contributed by atoms with Crippen molar-refractivity contribution < 1.29 is 19.1 Å². The predicted octanol–water partition coefficient (Wildman–Crippen LogP) is 3.62. The minimum Gasteiger partial charge on any atom is -0.497 e. The average molecular weight is 404 g/mol. The summed E-state index contributed by atoms with van der Waals surface area (Å²) < 4.78 is 10.3. The maximum atomic E-state index is 13.4. The Kier molecular flexibility index (Phi) is 5.40. The van der Waals surface area contributed by atoms with Crippen molar-refractivity contribution in [2.45, 2.75) is 31.6 Å². The Morgan fingerprint density at radius 1 is 1.03 bits per heavy atom. The Morgan fingerprint density at radius 3 is 2.37 bits per heavy atom. The molecule has 0 unspecified atom stereocenters. The van der Waals surface area contributed by atoms with E-state index in [0.29, 0.717) is 29.7 Å². The van der Waals surface area contributed by atoms with E-state index in [9.17, 15) is 9.59 Å². The zero-order valence-corrected chi connectivity index (χ0v) is 17.3. The van der Waals surface area contributed by atoms with Crippen LogP contribution < -0.4 is 10.1 Å². The van der Waals surface area contributed by atoms with Crippen molar-refractivity contribution in [2.24, 2.45) is 0 Å². The molecule has 6 nitrogen and oxygen atoms in total. The fourth-order valence-electron chi connectivity index (χ4n) is 4.42. The van der Waals surface area contributed by atoms with Crippen molar-refractivity contribution in [2.75, 3.05) is 14.2 Å². The number of hydrogen-bond donors (Lipinski definition) is 1. The van der Waals surface area contributed by atoms with E-state index in [1.54, 1.807) is 19.5 Å². The number of pyridine rings is 1. The van der Waals surface area contributed by atoms with Gasteiger partial charge in [-0.15, -0.1) is 0 Å². The van der Waals surface area contributed by atoms with Crippen LogP contribution in [0.3, 0.4) is 0 Å². The second-order valence-corrected chi connectivity index (χ2v) is 7.56. The van der Waals surface area contributed by atoms with Gasteiger partial charge in [0.1, 0.15) is 5.75 Å². The summed E-state index contributed by atoms with van der Waals surface area (Å²) in [5, 5.41) is 3.33. The van der Waals surface area contributed by atoms with E-state index in [0.717, 1.165) is 22.6 Å². The van der Waals surface area contributed by atoms with Gasteiger partial charge >= 0.3 is 5.97 Å². The number of benzene rings is 1. The Bertz CT molecular complexity index is 1040. The Balaban J connectivity index is 1.76. The lowest BCUT2D eigenvalue weighted by Crippen LogP contribution is -2.36. The van der Waals surface area contributed by atoms with Gasteiger partial charge in [0.2, 0.25) is 0 Å². The molecule has 2 atom stereocenters. The largest absolute Gasteiger partial charge is 0.497 e. The summed E-state index contributed by atoms with van der Waals surface area (Å²) in [4.78, 5) is 30.1. The fraction of sp³-hybridized carbons (Fsp3) is 0.292. The first kappa shape index (κ1) is 19.9. The molecule has 2 heterocycles. The Hall–Kier alpha value is -3.41. The SMILES string of the molecule is COC(=O)C1=C(C)NC2=C(C(=O)C[C@@H](c3ccc(OC)cc3)C2)[C@H]1c1ccncc1. The van der Waals surface area contributed by atoms with Crippen LogP contribution in [0.4, 0.5) is 0 Å². The number of nitrogens with zero attached hydrogens (tertiary/aromatic N) is 1. The molecule has 1 N–H and O–H groups in total. The molecule has 6 heteroatoms. The van der Waals surface area contributed by atoms with E-state index in [2.05, 4.69) is 10.3 Å². The number of carbonyl (C=O) groups is 2. The van der Waals surface area contributed by atoms with E-state index < -0.39 is 11.9 Å². The number of Topliss-reactive ketones (excluding diaryl/α,β-unsaturated/α-hetero) is 1. The number of ketones is 1. The molecule has 0 amide bonds. The van der Waals surface area contributed by atoms with Gasteiger partial charge in [-0.05, 0) is 54.7 Å². The quantitative estimate of drug-likeness (QED) is 0.785. The van der Waals surface area contributed by atoms with E-state index >= 15 is 0 Å². The molecule has 0 radical (unpaired) electrons. The molecule has 4 rings (SSSR count). The maximum Gasteiger partial charge on any atom is 0.336 e. The molecule has 1 aliphatic carbocycles. The highest BCUT2D eigenvalue weighted by Gasteiger charge is 2.41. The molecule has 0 fully saturated rings. The normalized spacial score (nSPS) is 21.1. The number of hydrogen-bond acceptors (Lipinski definition) is 6. The number of rotatable bonds is 4. The summed E-state index contributed by atoms with van der Waals surface area (Å²) in [7, 11) is 2.99. The van der Waals surface area contributed by atoms with E-state index in [4.69, 9.17) is 9.47 Å². The maximum absolute atomic E-state index is 13.4. The number of esters is 1. The molecule has 1 aromatic carbocycles. The summed E-state index contributed by atoms with van der Waals surface area (Å²) in [6, 6.07) is 11.5. The lowest BCUT2D eigenvalue weighted by molar-refractivity contribution is -0.136. The van der Waals surface area contributed by atoms with Crippen LogP contribution in [0.2, 0.25) is 0 Å². The standard InChI is InChI=1S/C24H24N2O4/c1-14-21(24(28)30-3)22(16-8-10-25-11-9-16)23-19(26-14)12-17(13-20(23)27)15-4-6-18(29-2)7-5-15/h4-11,17,22,26H,12-13H2,1-3H3/t17-,22-/m0/s1. The summed E-state index contributed by atoms with van der Waals surface area (Å²) in [5.74, 6) is 0.00999. The molecule has 2 aliphatic rings. The molecule has 154 valence electrons. The number of aromatic nitrogens is 1. The molecular weight excluding hydrogens is 380 g/mol. The highest BCUT2D eigenvalue weighted by Crippen LogP contribution is 2.45. The topological polar surface area (TPSA) is 77.5 Å². The van der Waals surface area contributed by atoms with Crippen LogP contribution in [0.5, 0.6) is 5.75 Å². The summed E-state index contributed by atoms with van der Waals surface area (Å²) >= 11 is 0. The first-order valence-electron chi connectivity index (χ1n) is 9.89. The molecule has 0 saturated carbocycles. The average Bonchev–Trinajstić information content (AvgIpc) is 2.78. The first-order valence-corrected chi connectivity index (χ1v) is 9.89. The van der Waals surface area contributed by atoms with Gasteiger partial charge in [-0.3, -0.25) is 9.78 Å². The minimum atomic E-state index is -0.457. The number of carbonyl (C=O) groups excluding carboxylic acids is 2. The lowest BCUT2D eigenvalue weighted by atomic mass is 9.72. The predicted molar refractivity (Wildman–Crippen MR) is 112 cm³/mol.